The number of benzene rings is 1. The Morgan fingerprint density at radius 2 is 2.00 bits per heavy atom. The molecule has 1 aromatic heterocycles. The van der Waals surface area contributed by atoms with Gasteiger partial charge in [-0.15, -0.1) is 0 Å². The Bertz CT molecular complexity index is 546. The van der Waals surface area contributed by atoms with Crippen LogP contribution in [0.25, 0.3) is 11.3 Å². The summed E-state index contributed by atoms with van der Waals surface area (Å²) in [5, 5.41) is 3.06. The number of nitrogens with zero attached hydrogens (tertiary/aromatic N) is 1. The standard InChI is InChI=1S/C13H14F3N3/c1-2-17-8-12-18-7-11(19-12)9-5-3-4-6-10(9)13(14,15)16/h3-7,17H,2,8H2,1H3,(H,18,19). The third-order valence-corrected chi connectivity index (χ3v) is 2.69. The highest BCUT2D eigenvalue weighted by atomic mass is 19.4. The number of hydrogen-bond acceptors (Lipinski definition) is 2. The van der Waals surface area contributed by atoms with E-state index >= 15 is 0 Å². The molecule has 0 bridgehead atoms. The van der Waals surface area contributed by atoms with Gasteiger partial charge in [0.25, 0.3) is 0 Å². The first-order valence-corrected chi connectivity index (χ1v) is 5.93. The molecule has 2 rings (SSSR count). The number of alkyl halides is 3. The van der Waals surface area contributed by atoms with E-state index in [1.54, 1.807) is 6.07 Å². The quantitative estimate of drug-likeness (QED) is 0.894. The molecule has 0 aliphatic rings. The molecule has 19 heavy (non-hydrogen) atoms. The summed E-state index contributed by atoms with van der Waals surface area (Å²) in [5.74, 6) is 0.619. The first-order chi connectivity index (χ1) is 9.02. The van der Waals surface area contributed by atoms with Gasteiger partial charge in [-0.25, -0.2) is 4.98 Å². The minimum atomic E-state index is -4.37. The molecule has 1 aromatic carbocycles. The van der Waals surface area contributed by atoms with Crippen molar-refractivity contribution in [1.82, 2.24) is 15.3 Å². The lowest BCUT2D eigenvalue weighted by atomic mass is 10.1. The highest BCUT2D eigenvalue weighted by molar-refractivity contribution is 5.64. The average molecular weight is 269 g/mol. The summed E-state index contributed by atoms with van der Waals surface area (Å²) < 4.78 is 38.7. The summed E-state index contributed by atoms with van der Waals surface area (Å²) in [5.41, 5.74) is -0.167. The van der Waals surface area contributed by atoms with Crippen LogP contribution in [0.2, 0.25) is 0 Å². The van der Waals surface area contributed by atoms with Crippen LogP contribution < -0.4 is 5.32 Å². The predicted octanol–water partition coefficient (Wildman–Crippen LogP) is 3.21. The zero-order valence-corrected chi connectivity index (χ0v) is 10.4. The Morgan fingerprint density at radius 1 is 1.26 bits per heavy atom. The van der Waals surface area contributed by atoms with Crippen molar-refractivity contribution in [1.29, 1.82) is 0 Å². The number of halogens is 3. The molecule has 6 heteroatoms. The van der Waals surface area contributed by atoms with Crippen LogP contribution >= 0.6 is 0 Å². The molecule has 0 saturated heterocycles. The van der Waals surface area contributed by atoms with Crippen LogP contribution in [0.4, 0.5) is 13.2 Å². The first-order valence-electron chi connectivity index (χ1n) is 5.93. The third-order valence-electron chi connectivity index (χ3n) is 2.69. The molecule has 1 heterocycles. The van der Waals surface area contributed by atoms with Gasteiger partial charge in [0, 0.05) is 5.56 Å². The van der Waals surface area contributed by atoms with Crippen molar-refractivity contribution in [2.45, 2.75) is 19.6 Å². The number of rotatable bonds is 4. The summed E-state index contributed by atoms with van der Waals surface area (Å²) in [4.78, 5) is 6.97. The molecule has 0 fully saturated rings. The fourth-order valence-corrected chi connectivity index (χ4v) is 1.80. The zero-order chi connectivity index (χ0) is 13.9. The average Bonchev–Trinajstić information content (AvgIpc) is 2.84. The summed E-state index contributed by atoms with van der Waals surface area (Å²) in [7, 11) is 0. The van der Waals surface area contributed by atoms with Crippen molar-refractivity contribution in [3.63, 3.8) is 0 Å². The molecule has 0 spiro atoms. The van der Waals surface area contributed by atoms with E-state index in [0.29, 0.717) is 18.1 Å². The summed E-state index contributed by atoms with van der Waals surface area (Å²) in [6.45, 7) is 3.22. The molecular formula is C13H14F3N3. The topological polar surface area (TPSA) is 40.7 Å². The monoisotopic (exact) mass is 269 g/mol. The van der Waals surface area contributed by atoms with Crippen molar-refractivity contribution in [3.8, 4) is 11.3 Å². The minimum Gasteiger partial charge on any atom is -0.341 e. The second kappa shape index (κ2) is 5.44. The van der Waals surface area contributed by atoms with Crippen molar-refractivity contribution >= 4 is 0 Å². The number of nitrogens with one attached hydrogen (secondary N) is 2. The van der Waals surface area contributed by atoms with Crippen molar-refractivity contribution in [3.05, 3.63) is 41.9 Å². The molecular weight excluding hydrogens is 255 g/mol. The predicted molar refractivity (Wildman–Crippen MR) is 66.4 cm³/mol. The van der Waals surface area contributed by atoms with Gasteiger partial charge < -0.3 is 10.3 Å². The van der Waals surface area contributed by atoms with E-state index in [-0.39, 0.29) is 5.56 Å². The van der Waals surface area contributed by atoms with Gasteiger partial charge in [0.05, 0.1) is 24.0 Å². The van der Waals surface area contributed by atoms with Crippen LogP contribution in [0.5, 0.6) is 0 Å². The first kappa shape index (κ1) is 13.6. The van der Waals surface area contributed by atoms with Gasteiger partial charge >= 0.3 is 6.18 Å². The molecule has 102 valence electrons. The van der Waals surface area contributed by atoms with E-state index in [4.69, 9.17) is 0 Å². The Hall–Kier alpha value is -1.82. The van der Waals surface area contributed by atoms with E-state index in [0.717, 1.165) is 12.6 Å². The number of imidazole rings is 1. The number of H-pyrrole nitrogens is 1. The Labute approximate surface area is 108 Å². The smallest absolute Gasteiger partial charge is 0.341 e. The molecule has 0 aliphatic heterocycles. The molecule has 2 N–H and O–H groups in total. The normalized spacial score (nSPS) is 11.8. The van der Waals surface area contributed by atoms with Gasteiger partial charge in [-0.2, -0.15) is 13.2 Å². The van der Waals surface area contributed by atoms with Crippen LogP contribution in [-0.4, -0.2) is 16.5 Å². The van der Waals surface area contributed by atoms with Crippen LogP contribution in [0.15, 0.2) is 30.5 Å². The van der Waals surface area contributed by atoms with E-state index in [9.17, 15) is 13.2 Å². The van der Waals surface area contributed by atoms with Gasteiger partial charge in [-0.1, -0.05) is 25.1 Å². The second-order valence-electron chi connectivity index (χ2n) is 4.07. The Morgan fingerprint density at radius 3 is 2.68 bits per heavy atom. The van der Waals surface area contributed by atoms with E-state index in [1.807, 2.05) is 6.92 Å². The molecule has 0 radical (unpaired) electrons. The van der Waals surface area contributed by atoms with Crippen LogP contribution in [0.3, 0.4) is 0 Å². The van der Waals surface area contributed by atoms with Crippen LogP contribution in [-0.2, 0) is 12.7 Å². The maximum Gasteiger partial charge on any atom is 0.417 e. The fourth-order valence-electron chi connectivity index (χ4n) is 1.80. The highest BCUT2D eigenvalue weighted by Crippen LogP contribution is 2.36. The highest BCUT2D eigenvalue weighted by Gasteiger charge is 2.33. The van der Waals surface area contributed by atoms with Crippen molar-refractivity contribution in [2.75, 3.05) is 6.54 Å². The van der Waals surface area contributed by atoms with E-state index in [2.05, 4.69) is 15.3 Å². The Balaban J connectivity index is 2.34. The van der Waals surface area contributed by atoms with Gasteiger partial charge in [0.2, 0.25) is 0 Å². The summed E-state index contributed by atoms with van der Waals surface area (Å²) >= 11 is 0. The third kappa shape index (κ3) is 3.14. The minimum absolute atomic E-state index is 0.116. The van der Waals surface area contributed by atoms with Gasteiger partial charge in [0.1, 0.15) is 5.82 Å². The SMILES string of the molecule is CCNCc1ncc(-c2ccccc2C(F)(F)F)[nH]1. The molecule has 0 saturated carbocycles. The second-order valence-corrected chi connectivity index (χ2v) is 4.07. The molecule has 0 amide bonds. The maximum atomic E-state index is 12.9. The van der Waals surface area contributed by atoms with Crippen LogP contribution in [0, 0.1) is 0 Å². The lowest BCUT2D eigenvalue weighted by Gasteiger charge is -2.11. The van der Waals surface area contributed by atoms with Gasteiger partial charge in [-0.05, 0) is 12.6 Å². The number of aromatic nitrogens is 2. The lowest BCUT2D eigenvalue weighted by Crippen LogP contribution is -2.12. The molecule has 0 atom stereocenters. The zero-order valence-electron chi connectivity index (χ0n) is 10.4. The van der Waals surface area contributed by atoms with Crippen molar-refractivity contribution < 1.29 is 13.2 Å². The lowest BCUT2D eigenvalue weighted by molar-refractivity contribution is -0.137. The van der Waals surface area contributed by atoms with E-state index in [1.165, 1.54) is 18.3 Å². The molecule has 0 aliphatic carbocycles. The maximum absolute atomic E-state index is 12.9. The summed E-state index contributed by atoms with van der Waals surface area (Å²) in [6, 6.07) is 5.46. The molecule has 3 nitrogen and oxygen atoms in total. The largest absolute Gasteiger partial charge is 0.417 e. The fraction of sp³-hybridized carbons (Fsp3) is 0.308. The van der Waals surface area contributed by atoms with Gasteiger partial charge in [-0.3, -0.25) is 0 Å². The Kier molecular flexibility index (Phi) is 3.90. The van der Waals surface area contributed by atoms with E-state index < -0.39 is 11.7 Å². The van der Waals surface area contributed by atoms with Gasteiger partial charge in [0.15, 0.2) is 0 Å². The molecule has 2 aromatic rings. The summed E-state index contributed by atoms with van der Waals surface area (Å²) in [6.07, 6.45) is -2.94. The number of hydrogen-bond donors (Lipinski definition) is 2. The van der Waals surface area contributed by atoms with Crippen molar-refractivity contribution in [2.24, 2.45) is 0 Å². The number of aromatic amines is 1. The molecule has 0 unspecified atom stereocenters. The van der Waals surface area contributed by atoms with Crippen LogP contribution in [0.1, 0.15) is 18.3 Å².